The van der Waals surface area contributed by atoms with Crippen LogP contribution in [-0.2, 0) is 0 Å². The molecule has 0 aliphatic carbocycles. The average molecular weight is 229 g/mol. The third-order valence-corrected chi connectivity index (χ3v) is 2.98. The quantitative estimate of drug-likeness (QED) is 0.549. The van der Waals surface area contributed by atoms with Gasteiger partial charge in [-0.2, -0.15) is 0 Å². The SMILES string of the molecule is CC(O)CCCCCCCCCCN(C)C. The van der Waals surface area contributed by atoms with Crippen LogP contribution in [0, 0.1) is 0 Å². The molecule has 0 fully saturated rings. The summed E-state index contributed by atoms with van der Waals surface area (Å²) in [6.45, 7) is 3.11. The van der Waals surface area contributed by atoms with Gasteiger partial charge >= 0.3 is 0 Å². The monoisotopic (exact) mass is 229 g/mol. The summed E-state index contributed by atoms with van der Waals surface area (Å²) in [5, 5.41) is 9.09. The molecule has 0 aromatic rings. The van der Waals surface area contributed by atoms with Gasteiger partial charge in [0.2, 0.25) is 0 Å². The first-order chi connectivity index (χ1) is 7.63. The number of aliphatic hydroxyl groups is 1. The maximum atomic E-state index is 9.09. The van der Waals surface area contributed by atoms with Gasteiger partial charge in [-0.05, 0) is 40.4 Å². The summed E-state index contributed by atoms with van der Waals surface area (Å²) in [6.07, 6.45) is 11.6. The molecule has 0 aliphatic rings. The Morgan fingerprint density at radius 1 is 0.812 bits per heavy atom. The van der Waals surface area contributed by atoms with Crippen LogP contribution in [0.3, 0.4) is 0 Å². The number of hydrogen-bond donors (Lipinski definition) is 1. The van der Waals surface area contributed by atoms with Gasteiger partial charge in [0.05, 0.1) is 6.10 Å². The molecule has 2 heteroatoms. The molecule has 0 saturated carbocycles. The van der Waals surface area contributed by atoms with Crippen LogP contribution >= 0.6 is 0 Å². The second-order valence-corrected chi connectivity index (χ2v) is 5.27. The van der Waals surface area contributed by atoms with E-state index in [0.29, 0.717) is 0 Å². The number of nitrogens with zero attached hydrogens (tertiary/aromatic N) is 1. The third kappa shape index (κ3) is 13.9. The van der Waals surface area contributed by atoms with E-state index in [1.54, 1.807) is 0 Å². The molecule has 0 radical (unpaired) electrons. The molecule has 0 aliphatic heterocycles. The van der Waals surface area contributed by atoms with Crippen molar-refractivity contribution >= 4 is 0 Å². The van der Waals surface area contributed by atoms with Crippen molar-refractivity contribution in [1.29, 1.82) is 0 Å². The van der Waals surface area contributed by atoms with Crippen LogP contribution in [0.15, 0.2) is 0 Å². The molecule has 16 heavy (non-hydrogen) atoms. The minimum atomic E-state index is -0.106. The Kier molecular flexibility index (Phi) is 11.3. The molecule has 0 spiro atoms. The Hall–Kier alpha value is -0.0800. The molecule has 0 heterocycles. The fraction of sp³-hybridized carbons (Fsp3) is 1.00. The van der Waals surface area contributed by atoms with Crippen molar-refractivity contribution in [2.45, 2.75) is 70.8 Å². The van der Waals surface area contributed by atoms with Crippen LogP contribution in [0.5, 0.6) is 0 Å². The fourth-order valence-corrected chi connectivity index (χ4v) is 1.93. The van der Waals surface area contributed by atoms with Crippen molar-refractivity contribution < 1.29 is 5.11 Å². The lowest BCUT2D eigenvalue weighted by Crippen LogP contribution is -2.12. The zero-order chi connectivity index (χ0) is 12.2. The number of unbranched alkanes of at least 4 members (excludes halogenated alkanes) is 7. The summed E-state index contributed by atoms with van der Waals surface area (Å²) in [4.78, 5) is 2.26. The molecule has 98 valence electrons. The molecule has 2 nitrogen and oxygen atoms in total. The molecular formula is C14H31NO. The smallest absolute Gasteiger partial charge is 0.0512 e. The number of aliphatic hydroxyl groups excluding tert-OH is 1. The summed E-state index contributed by atoms with van der Waals surface area (Å²) in [6, 6.07) is 0. The van der Waals surface area contributed by atoms with E-state index in [1.165, 1.54) is 57.9 Å². The summed E-state index contributed by atoms with van der Waals surface area (Å²) in [7, 11) is 4.28. The van der Waals surface area contributed by atoms with Gasteiger partial charge in [-0.15, -0.1) is 0 Å². The van der Waals surface area contributed by atoms with Crippen LogP contribution in [0.25, 0.3) is 0 Å². The molecule has 0 rings (SSSR count). The minimum Gasteiger partial charge on any atom is -0.393 e. The maximum Gasteiger partial charge on any atom is 0.0512 e. The highest BCUT2D eigenvalue weighted by Gasteiger charge is 1.96. The van der Waals surface area contributed by atoms with E-state index in [0.717, 1.165) is 6.42 Å². The Labute approximate surface area is 102 Å². The van der Waals surface area contributed by atoms with Crippen molar-refractivity contribution in [2.75, 3.05) is 20.6 Å². The van der Waals surface area contributed by atoms with Gasteiger partial charge < -0.3 is 10.0 Å². The maximum absolute atomic E-state index is 9.09. The van der Waals surface area contributed by atoms with Crippen LogP contribution < -0.4 is 0 Å². The molecule has 1 atom stereocenters. The summed E-state index contributed by atoms with van der Waals surface area (Å²) < 4.78 is 0. The van der Waals surface area contributed by atoms with E-state index in [1.807, 2.05) is 6.92 Å². The highest BCUT2D eigenvalue weighted by molar-refractivity contribution is 4.51. The van der Waals surface area contributed by atoms with Gasteiger partial charge in [-0.25, -0.2) is 0 Å². The number of rotatable bonds is 11. The standard InChI is InChI=1S/C14H31NO/c1-14(16)12-10-8-6-4-5-7-9-11-13-15(2)3/h14,16H,4-13H2,1-3H3. The van der Waals surface area contributed by atoms with Crippen LogP contribution in [0.4, 0.5) is 0 Å². The Bertz CT molecular complexity index is 119. The molecule has 0 bridgehead atoms. The summed E-state index contributed by atoms with van der Waals surface area (Å²) >= 11 is 0. The van der Waals surface area contributed by atoms with E-state index < -0.39 is 0 Å². The first-order valence-corrected chi connectivity index (χ1v) is 6.95. The van der Waals surface area contributed by atoms with Crippen LogP contribution in [-0.4, -0.2) is 36.8 Å². The Morgan fingerprint density at radius 2 is 1.25 bits per heavy atom. The second kappa shape index (κ2) is 11.4. The molecule has 0 aromatic heterocycles. The van der Waals surface area contributed by atoms with E-state index in [4.69, 9.17) is 5.11 Å². The topological polar surface area (TPSA) is 23.5 Å². The molecule has 0 aromatic carbocycles. The lowest BCUT2D eigenvalue weighted by Gasteiger charge is -2.08. The third-order valence-electron chi connectivity index (χ3n) is 2.98. The van der Waals surface area contributed by atoms with Crippen LogP contribution in [0.2, 0.25) is 0 Å². The summed E-state index contributed by atoms with van der Waals surface area (Å²) in [5.41, 5.74) is 0. The van der Waals surface area contributed by atoms with Gasteiger partial charge in [0.15, 0.2) is 0 Å². The predicted molar refractivity (Wildman–Crippen MR) is 71.8 cm³/mol. The van der Waals surface area contributed by atoms with Gasteiger partial charge in [-0.3, -0.25) is 0 Å². The van der Waals surface area contributed by atoms with Gasteiger partial charge in [0, 0.05) is 0 Å². The van der Waals surface area contributed by atoms with Gasteiger partial charge in [-0.1, -0.05) is 44.9 Å². The molecular weight excluding hydrogens is 198 g/mol. The highest BCUT2D eigenvalue weighted by atomic mass is 16.3. The van der Waals surface area contributed by atoms with Crippen molar-refractivity contribution in [3.63, 3.8) is 0 Å². The first-order valence-electron chi connectivity index (χ1n) is 6.95. The zero-order valence-electron chi connectivity index (χ0n) is 11.5. The van der Waals surface area contributed by atoms with Gasteiger partial charge in [0.25, 0.3) is 0 Å². The normalized spacial score (nSPS) is 13.3. The van der Waals surface area contributed by atoms with Crippen molar-refractivity contribution in [1.82, 2.24) is 4.90 Å². The zero-order valence-corrected chi connectivity index (χ0v) is 11.5. The fourth-order valence-electron chi connectivity index (χ4n) is 1.93. The van der Waals surface area contributed by atoms with Crippen molar-refractivity contribution in [3.8, 4) is 0 Å². The van der Waals surface area contributed by atoms with Crippen molar-refractivity contribution in [2.24, 2.45) is 0 Å². The lowest BCUT2D eigenvalue weighted by atomic mass is 10.1. The molecule has 1 unspecified atom stereocenters. The van der Waals surface area contributed by atoms with E-state index in [2.05, 4.69) is 19.0 Å². The minimum absolute atomic E-state index is 0.106. The largest absolute Gasteiger partial charge is 0.393 e. The summed E-state index contributed by atoms with van der Waals surface area (Å²) in [5.74, 6) is 0. The Balaban J connectivity index is 2.93. The highest BCUT2D eigenvalue weighted by Crippen LogP contribution is 2.10. The Morgan fingerprint density at radius 3 is 1.69 bits per heavy atom. The first kappa shape index (κ1) is 15.9. The van der Waals surface area contributed by atoms with Gasteiger partial charge in [0.1, 0.15) is 0 Å². The average Bonchev–Trinajstić information content (AvgIpc) is 2.20. The van der Waals surface area contributed by atoms with Crippen LogP contribution in [0.1, 0.15) is 64.7 Å². The van der Waals surface area contributed by atoms with E-state index in [9.17, 15) is 0 Å². The number of hydrogen-bond acceptors (Lipinski definition) is 2. The van der Waals surface area contributed by atoms with Crippen molar-refractivity contribution in [3.05, 3.63) is 0 Å². The molecule has 0 amide bonds. The van der Waals surface area contributed by atoms with E-state index in [-0.39, 0.29) is 6.10 Å². The molecule has 0 saturated heterocycles. The van der Waals surface area contributed by atoms with E-state index >= 15 is 0 Å². The molecule has 1 N–H and O–H groups in total. The lowest BCUT2D eigenvalue weighted by molar-refractivity contribution is 0.180. The predicted octanol–water partition coefficient (Wildman–Crippen LogP) is 3.44. The second-order valence-electron chi connectivity index (χ2n) is 5.27.